The molecule has 0 spiro atoms. The predicted octanol–water partition coefficient (Wildman–Crippen LogP) is 7.43. The molecular weight excluding hydrogens is 408 g/mol. The topological polar surface area (TPSA) is 9.23 Å². The third-order valence-electron chi connectivity index (χ3n) is 4.48. The number of alkyl halides is 3. The molecule has 138 valence electrons. The van der Waals surface area contributed by atoms with E-state index in [-0.39, 0.29) is 27.1 Å². The fraction of sp³-hybridized carbons (Fsp3) is 0.263. The van der Waals surface area contributed by atoms with Gasteiger partial charge < -0.3 is 4.74 Å². The van der Waals surface area contributed by atoms with Gasteiger partial charge in [-0.15, -0.1) is 0 Å². The minimum atomic E-state index is -4.67. The Bertz CT molecular complexity index is 836. The molecule has 0 radical (unpaired) electrons. The molecule has 26 heavy (non-hydrogen) atoms. The lowest BCUT2D eigenvalue weighted by Gasteiger charge is -2.32. The van der Waals surface area contributed by atoms with Crippen molar-refractivity contribution in [2.24, 2.45) is 0 Å². The van der Waals surface area contributed by atoms with Crippen LogP contribution in [0.4, 0.5) is 13.2 Å². The summed E-state index contributed by atoms with van der Waals surface area (Å²) in [5.74, 6) is 0. The Balaban J connectivity index is 2.02. The molecule has 0 aliphatic carbocycles. The van der Waals surface area contributed by atoms with Crippen LogP contribution < -0.4 is 0 Å². The Hall–Kier alpha value is -1.36. The molecule has 1 aliphatic heterocycles. The molecule has 0 aromatic heterocycles. The quantitative estimate of drug-likeness (QED) is 0.468. The van der Waals surface area contributed by atoms with Crippen LogP contribution in [0.3, 0.4) is 0 Å². The van der Waals surface area contributed by atoms with Gasteiger partial charge in [0.25, 0.3) is 0 Å². The van der Waals surface area contributed by atoms with Crippen LogP contribution in [0.2, 0.25) is 15.1 Å². The highest BCUT2D eigenvalue weighted by atomic mass is 35.5. The van der Waals surface area contributed by atoms with Crippen LogP contribution in [0.5, 0.6) is 0 Å². The van der Waals surface area contributed by atoms with E-state index in [1.54, 1.807) is 12.1 Å². The van der Waals surface area contributed by atoms with E-state index < -0.39 is 11.8 Å². The maximum Gasteiger partial charge on any atom is 0.432 e. The van der Waals surface area contributed by atoms with Crippen molar-refractivity contribution in [2.75, 3.05) is 0 Å². The Morgan fingerprint density at radius 2 is 1.62 bits per heavy atom. The Labute approximate surface area is 164 Å². The van der Waals surface area contributed by atoms with Crippen molar-refractivity contribution in [3.05, 3.63) is 74.4 Å². The van der Waals surface area contributed by atoms with Crippen LogP contribution in [-0.2, 0) is 16.8 Å². The molecule has 1 heterocycles. The first-order valence-electron chi connectivity index (χ1n) is 7.86. The molecule has 0 bridgehead atoms. The summed E-state index contributed by atoms with van der Waals surface area (Å²) in [6.07, 6.45) is -3.04. The average Bonchev–Trinajstić information content (AvgIpc) is 3.06. The highest BCUT2D eigenvalue weighted by Gasteiger charge is 2.60. The Morgan fingerprint density at radius 1 is 1.04 bits per heavy atom. The van der Waals surface area contributed by atoms with Crippen LogP contribution in [0.25, 0.3) is 5.57 Å². The lowest BCUT2D eigenvalue weighted by atomic mass is 9.86. The summed E-state index contributed by atoms with van der Waals surface area (Å²) in [5.41, 5.74) is -0.497. The second-order valence-electron chi connectivity index (χ2n) is 6.07. The summed E-state index contributed by atoms with van der Waals surface area (Å²) in [7, 11) is 0. The van der Waals surface area contributed by atoms with Crippen molar-refractivity contribution in [3.63, 3.8) is 0 Å². The van der Waals surface area contributed by atoms with Gasteiger partial charge in [-0.1, -0.05) is 66.0 Å². The van der Waals surface area contributed by atoms with Gasteiger partial charge in [-0.25, -0.2) is 0 Å². The second-order valence-corrected chi connectivity index (χ2v) is 7.26. The third-order valence-corrected chi connectivity index (χ3v) is 5.68. The molecule has 1 unspecified atom stereocenters. The summed E-state index contributed by atoms with van der Waals surface area (Å²) in [6, 6.07) is 9.67. The zero-order valence-corrected chi connectivity index (χ0v) is 15.9. The van der Waals surface area contributed by atoms with Gasteiger partial charge in [0.2, 0.25) is 5.60 Å². The maximum absolute atomic E-state index is 14.0. The van der Waals surface area contributed by atoms with Crippen molar-refractivity contribution in [2.45, 2.75) is 31.5 Å². The zero-order valence-electron chi connectivity index (χ0n) is 13.6. The van der Waals surface area contributed by atoms with Gasteiger partial charge in [-0.2, -0.15) is 13.2 Å². The van der Waals surface area contributed by atoms with E-state index >= 15 is 0 Å². The minimum Gasteiger partial charge on any atom is -0.480 e. The van der Waals surface area contributed by atoms with Crippen LogP contribution in [0.1, 0.15) is 30.0 Å². The number of aryl methyl sites for hydroxylation is 1. The first-order valence-corrected chi connectivity index (χ1v) is 8.99. The smallest absolute Gasteiger partial charge is 0.432 e. The highest BCUT2D eigenvalue weighted by Crippen LogP contribution is 2.53. The van der Waals surface area contributed by atoms with Gasteiger partial charge in [0.1, 0.15) is 0 Å². The lowest BCUT2D eigenvalue weighted by molar-refractivity contribution is -0.260. The fourth-order valence-corrected chi connectivity index (χ4v) is 3.53. The fourth-order valence-electron chi connectivity index (χ4n) is 2.94. The number of rotatable bonds is 3. The summed E-state index contributed by atoms with van der Waals surface area (Å²) >= 11 is 17.8. The maximum atomic E-state index is 14.0. The van der Waals surface area contributed by atoms with Gasteiger partial charge in [0, 0.05) is 12.0 Å². The van der Waals surface area contributed by atoms with E-state index in [2.05, 4.69) is 0 Å². The van der Waals surface area contributed by atoms with E-state index in [1.807, 2.05) is 19.1 Å². The molecule has 0 N–H and O–H groups in total. The first kappa shape index (κ1) is 19.4. The van der Waals surface area contributed by atoms with E-state index in [0.29, 0.717) is 11.1 Å². The SMILES string of the molecule is CCc1ccc(C2=COC(c3cc(Cl)c(Cl)c(Cl)c3)(C(F)(F)F)C2)cc1. The van der Waals surface area contributed by atoms with Gasteiger partial charge in [0.15, 0.2) is 0 Å². The van der Waals surface area contributed by atoms with Crippen molar-refractivity contribution in [3.8, 4) is 0 Å². The number of hydrogen-bond donors (Lipinski definition) is 0. The summed E-state index contributed by atoms with van der Waals surface area (Å²) in [5, 5.41) is -0.0972. The van der Waals surface area contributed by atoms with Gasteiger partial charge >= 0.3 is 6.18 Å². The van der Waals surface area contributed by atoms with Crippen LogP contribution in [0.15, 0.2) is 42.7 Å². The molecule has 0 saturated carbocycles. The van der Waals surface area contributed by atoms with Crippen LogP contribution in [0, 0.1) is 0 Å². The lowest BCUT2D eigenvalue weighted by Crippen LogP contribution is -2.42. The van der Waals surface area contributed by atoms with E-state index in [1.165, 1.54) is 0 Å². The molecule has 1 atom stereocenters. The second kappa shape index (κ2) is 6.99. The number of ether oxygens (including phenoxy) is 1. The molecule has 0 saturated heterocycles. The van der Waals surface area contributed by atoms with Crippen molar-refractivity contribution >= 4 is 40.4 Å². The predicted molar refractivity (Wildman–Crippen MR) is 98.7 cm³/mol. The van der Waals surface area contributed by atoms with Crippen molar-refractivity contribution in [1.29, 1.82) is 0 Å². The monoisotopic (exact) mass is 420 g/mol. The Kier molecular flexibility index (Phi) is 5.22. The van der Waals surface area contributed by atoms with E-state index in [0.717, 1.165) is 30.4 Å². The van der Waals surface area contributed by atoms with Gasteiger partial charge in [-0.3, -0.25) is 0 Å². The zero-order chi connectivity index (χ0) is 19.1. The minimum absolute atomic E-state index is 0.00995. The molecule has 2 aromatic rings. The summed E-state index contributed by atoms with van der Waals surface area (Å²) in [4.78, 5) is 0. The molecule has 0 fully saturated rings. The van der Waals surface area contributed by atoms with E-state index in [4.69, 9.17) is 39.5 Å². The number of hydrogen-bond acceptors (Lipinski definition) is 1. The number of benzene rings is 2. The highest BCUT2D eigenvalue weighted by molar-refractivity contribution is 6.48. The molecular formula is C19H14Cl3F3O. The summed E-state index contributed by atoms with van der Waals surface area (Å²) in [6.45, 7) is 2.01. The third kappa shape index (κ3) is 3.30. The van der Waals surface area contributed by atoms with Gasteiger partial charge in [0.05, 0.1) is 21.3 Å². The molecule has 2 aromatic carbocycles. The van der Waals surface area contributed by atoms with Crippen LogP contribution >= 0.6 is 34.8 Å². The largest absolute Gasteiger partial charge is 0.480 e. The molecule has 1 nitrogen and oxygen atoms in total. The van der Waals surface area contributed by atoms with Crippen LogP contribution in [-0.4, -0.2) is 6.18 Å². The molecule has 7 heteroatoms. The molecule has 0 amide bonds. The number of halogens is 6. The van der Waals surface area contributed by atoms with Crippen molar-refractivity contribution in [1.82, 2.24) is 0 Å². The average molecular weight is 422 g/mol. The van der Waals surface area contributed by atoms with Gasteiger partial charge in [-0.05, 0) is 35.3 Å². The summed E-state index contributed by atoms with van der Waals surface area (Å²) < 4.78 is 47.2. The van der Waals surface area contributed by atoms with Crippen molar-refractivity contribution < 1.29 is 17.9 Å². The molecule has 1 aliphatic rings. The normalized spacial score (nSPS) is 20.0. The standard InChI is InChI=1S/C19H14Cl3F3O/c1-2-11-3-5-12(6-4-11)13-9-18(26-10-13,19(23,24)25)14-7-15(20)17(22)16(21)8-14/h3-8,10H,2,9H2,1H3. The first-order chi connectivity index (χ1) is 12.2. The van der Waals surface area contributed by atoms with E-state index in [9.17, 15) is 13.2 Å². The molecule has 3 rings (SSSR count). The Morgan fingerprint density at radius 3 is 2.12 bits per heavy atom.